The minimum Gasteiger partial charge on any atom is -0.497 e. The van der Waals surface area contributed by atoms with E-state index in [1.165, 1.54) is 12.1 Å². The van der Waals surface area contributed by atoms with Crippen molar-refractivity contribution in [2.45, 2.75) is 31.7 Å². The minimum absolute atomic E-state index is 0.0197. The maximum Gasteiger partial charge on any atom is 0.149 e. The molecule has 1 aliphatic carbocycles. The van der Waals surface area contributed by atoms with E-state index in [-0.39, 0.29) is 11.6 Å². The Balaban J connectivity index is 1.66. The van der Waals surface area contributed by atoms with Crippen LogP contribution in [0.25, 0.3) is 16.9 Å². The molecule has 6 nitrogen and oxygen atoms in total. The van der Waals surface area contributed by atoms with Gasteiger partial charge in [-0.25, -0.2) is 9.07 Å². The zero-order chi connectivity index (χ0) is 21.8. The van der Waals surface area contributed by atoms with E-state index in [2.05, 4.69) is 5.32 Å². The number of ether oxygens (including phenoxy) is 1. The molecule has 1 aromatic heterocycles. The molecule has 2 atom stereocenters. The molecule has 0 saturated heterocycles. The third-order valence-corrected chi connectivity index (χ3v) is 5.81. The van der Waals surface area contributed by atoms with Gasteiger partial charge in [-0.3, -0.25) is 0 Å². The molecule has 1 unspecified atom stereocenters. The average molecular weight is 420 g/mol. The standard InChI is InChI=1S/C24H26FN5O/c1-31-21-9-7-20(8-10-21)30-23(17-5-6-18(14-26)22(25)12-17)13-24(29-30)28-15-16-3-2-4-19(27)11-16/h5-10,12-13,16,19H,2-4,11,15,27H2,1H3,(H,28,29)/t16?,19-/m1/s1. The van der Waals surface area contributed by atoms with Gasteiger partial charge in [0.25, 0.3) is 0 Å². The number of benzene rings is 2. The number of hydrogen-bond acceptors (Lipinski definition) is 5. The van der Waals surface area contributed by atoms with Crippen LogP contribution in [0, 0.1) is 23.1 Å². The summed E-state index contributed by atoms with van der Waals surface area (Å²) in [5, 5.41) is 17.2. The van der Waals surface area contributed by atoms with Crippen molar-refractivity contribution < 1.29 is 9.13 Å². The molecule has 31 heavy (non-hydrogen) atoms. The molecule has 0 amide bonds. The van der Waals surface area contributed by atoms with Crippen molar-refractivity contribution in [3.8, 4) is 28.8 Å². The number of aromatic nitrogens is 2. The molecule has 1 aliphatic rings. The Morgan fingerprint density at radius 2 is 2.03 bits per heavy atom. The number of nitrogens with one attached hydrogen (secondary N) is 1. The second kappa shape index (κ2) is 9.19. The zero-order valence-corrected chi connectivity index (χ0v) is 17.5. The summed E-state index contributed by atoms with van der Waals surface area (Å²) < 4.78 is 21.3. The van der Waals surface area contributed by atoms with Gasteiger partial charge in [-0.2, -0.15) is 5.26 Å². The predicted octanol–water partition coefficient (Wildman–Crippen LogP) is 4.49. The Morgan fingerprint density at radius 3 is 2.71 bits per heavy atom. The molecule has 1 saturated carbocycles. The van der Waals surface area contributed by atoms with Crippen LogP contribution in [0.1, 0.15) is 31.2 Å². The highest BCUT2D eigenvalue weighted by atomic mass is 19.1. The molecule has 160 valence electrons. The minimum atomic E-state index is -0.548. The summed E-state index contributed by atoms with van der Waals surface area (Å²) in [6, 6.07) is 16.2. The maximum atomic E-state index is 14.3. The second-order valence-corrected chi connectivity index (χ2v) is 8.00. The Hall–Kier alpha value is -3.37. The Morgan fingerprint density at radius 1 is 1.23 bits per heavy atom. The number of anilines is 1. The van der Waals surface area contributed by atoms with Crippen LogP contribution in [0.2, 0.25) is 0 Å². The van der Waals surface area contributed by atoms with E-state index in [0.29, 0.717) is 11.5 Å². The molecule has 0 aliphatic heterocycles. The van der Waals surface area contributed by atoms with Crippen LogP contribution in [0.5, 0.6) is 5.75 Å². The van der Waals surface area contributed by atoms with Gasteiger partial charge >= 0.3 is 0 Å². The van der Waals surface area contributed by atoms with Crippen LogP contribution in [-0.2, 0) is 0 Å². The normalized spacial score (nSPS) is 18.4. The van der Waals surface area contributed by atoms with Crippen LogP contribution < -0.4 is 15.8 Å². The lowest BCUT2D eigenvalue weighted by Gasteiger charge is -2.26. The molecular weight excluding hydrogens is 393 g/mol. The fourth-order valence-electron chi connectivity index (χ4n) is 4.13. The Kier molecular flexibility index (Phi) is 6.19. The van der Waals surface area contributed by atoms with Gasteiger partial charge in [-0.05, 0) is 61.6 Å². The lowest BCUT2D eigenvalue weighted by atomic mass is 9.86. The summed E-state index contributed by atoms with van der Waals surface area (Å²) >= 11 is 0. The molecular formula is C24H26FN5O. The lowest BCUT2D eigenvalue weighted by Crippen LogP contribution is -2.31. The van der Waals surface area contributed by atoms with Crippen molar-refractivity contribution in [3.63, 3.8) is 0 Å². The fourth-order valence-corrected chi connectivity index (χ4v) is 4.13. The van der Waals surface area contributed by atoms with Gasteiger partial charge < -0.3 is 15.8 Å². The van der Waals surface area contributed by atoms with E-state index in [1.807, 2.05) is 36.4 Å². The van der Waals surface area contributed by atoms with Gasteiger partial charge in [0.2, 0.25) is 0 Å². The molecule has 0 bridgehead atoms. The molecule has 3 N–H and O–H groups in total. The highest BCUT2D eigenvalue weighted by Gasteiger charge is 2.20. The van der Waals surface area contributed by atoms with Crippen LogP contribution in [-0.4, -0.2) is 29.5 Å². The predicted molar refractivity (Wildman–Crippen MR) is 119 cm³/mol. The van der Waals surface area contributed by atoms with Gasteiger partial charge in [0.05, 0.1) is 24.1 Å². The molecule has 4 rings (SSSR count). The molecule has 1 fully saturated rings. The molecule has 1 heterocycles. The Labute approximate surface area is 181 Å². The van der Waals surface area contributed by atoms with Gasteiger partial charge in [0, 0.05) is 24.2 Å². The fraction of sp³-hybridized carbons (Fsp3) is 0.333. The summed E-state index contributed by atoms with van der Waals surface area (Å²) in [5.41, 5.74) is 8.35. The van der Waals surface area contributed by atoms with E-state index < -0.39 is 5.82 Å². The van der Waals surface area contributed by atoms with Crippen molar-refractivity contribution in [1.29, 1.82) is 5.26 Å². The van der Waals surface area contributed by atoms with Gasteiger partial charge in [0.1, 0.15) is 23.5 Å². The van der Waals surface area contributed by atoms with E-state index in [1.54, 1.807) is 17.9 Å². The average Bonchev–Trinajstić information content (AvgIpc) is 3.22. The number of nitrogens with two attached hydrogens (primary N) is 1. The van der Waals surface area contributed by atoms with E-state index in [4.69, 9.17) is 20.8 Å². The topological polar surface area (TPSA) is 88.9 Å². The van der Waals surface area contributed by atoms with Crippen LogP contribution in [0.15, 0.2) is 48.5 Å². The zero-order valence-electron chi connectivity index (χ0n) is 17.5. The summed E-state index contributed by atoms with van der Waals surface area (Å²) in [4.78, 5) is 0. The number of halogens is 1. The number of rotatable bonds is 6. The van der Waals surface area contributed by atoms with Crippen molar-refractivity contribution in [1.82, 2.24) is 9.78 Å². The molecule has 0 spiro atoms. The summed E-state index contributed by atoms with van der Waals surface area (Å²) in [6.45, 7) is 0.800. The SMILES string of the molecule is COc1ccc(-n2nc(NCC3CCC[C@@H](N)C3)cc2-c2ccc(C#N)c(F)c2)cc1. The van der Waals surface area contributed by atoms with Crippen molar-refractivity contribution in [2.75, 3.05) is 19.0 Å². The summed E-state index contributed by atoms with van der Waals surface area (Å²) in [6.07, 6.45) is 4.42. The van der Waals surface area contributed by atoms with E-state index in [9.17, 15) is 4.39 Å². The largest absolute Gasteiger partial charge is 0.497 e. The van der Waals surface area contributed by atoms with Gasteiger partial charge in [-0.15, -0.1) is 5.10 Å². The number of nitriles is 1. The third-order valence-electron chi connectivity index (χ3n) is 5.81. The first-order valence-corrected chi connectivity index (χ1v) is 10.5. The van der Waals surface area contributed by atoms with Crippen LogP contribution in [0.4, 0.5) is 10.2 Å². The molecule has 7 heteroatoms. The first-order valence-electron chi connectivity index (χ1n) is 10.5. The van der Waals surface area contributed by atoms with Gasteiger partial charge in [-0.1, -0.05) is 12.5 Å². The van der Waals surface area contributed by atoms with Crippen molar-refractivity contribution in [2.24, 2.45) is 11.7 Å². The number of methoxy groups -OCH3 is 1. The van der Waals surface area contributed by atoms with Crippen LogP contribution >= 0.6 is 0 Å². The number of hydrogen-bond donors (Lipinski definition) is 2. The first kappa shape index (κ1) is 20.9. The van der Waals surface area contributed by atoms with Crippen molar-refractivity contribution >= 4 is 5.82 Å². The molecule has 0 radical (unpaired) electrons. The maximum absolute atomic E-state index is 14.3. The van der Waals surface area contributed by atoms with E-state index in [0.717, 1.165) is 55.2 Å². The highest BCUT2D eigenvalue weighted by Crippen LogP contribution is 2.29. The summed E-state index contributed by atoms with van der Waals surface area (Å²) in [5.74, 6) is 1.43. The first-order chi connectivity index (χ1) is 15.1. The lowest BCUT2D eigenvalue weighted by molar-refractivity contribution is 0.335. The molecule has 2 aromatic carbocycles. The Bertz CT molecular complexity index is 1090. The van der Waals surface area contributed by atoms with E-state index >= 15 is 0 Å². The highest BCUT2D eigenvalue weighted by molar-refractivity contribution is 5.67. The monoisotopic (exact) mass is 419 g/mol. The third kappa shape index (κ3) is 4.70. The smallest absolute Gasteiger partial charge is 0.149 e. The molecule has 3 aromatic rings. The van der Waals surface area contributed by atoms with Crippen molar-refractivity contribution in [3.05, 3.63) is 59.9 Å². The van der Waals surface area contributed by atoms with Crippen LogP contribution in [0.3, 0.4) is 0 Å². The quantitative estimate of drug-likeness (QED) is 0.615. The van der Waals surface area contributed by atoms with Gasteiger partial charge in [0.15, 0.2) is 0 Å². The summed E-state index contributed by atoms with van der Waals surface area (Å²) in [7, 11) is 1.62. The number of nitrogens with zero attached hydrogens (tertiary/aromatic N) is 3. The second-order valence-electron chi connectivity index (χ2n) is 8.00.